The van der Waals surface area contributed by atoms with E-state index in [9.17, 15) is 9.18 Å². The molecule has 0 aromatic heterocycles. The average Bonchev–Trinajstić information content (AvgIpc) is 2.37. The van der Waals surface area contributed by atoms with Gasteiger partial charge in [-0.1, -0.05) is 19.8 Å². The third-order valence-electron chi connectivity index (χ3n) is 2.62. The number of amides is 1. The zero-order valence-electron chi connectivity index (χ0n) is 10.7. The lowest BCUT2D eigenvalue weighted by molar-refractivity contribution is -0.117. The molecule has 0 saturated heterocycles. The van der Waals surface area contributed by atoms with Gasteiger partial charge in [-0.05, 0) is 18.6 Å². The minimum absolute atomic E-state index is 0.0925. The Morgan fingerprint density at radius 2 is 2.28 bits per heavy atom. The maximum Gasteiger partial charge on any atom is 0.241 e. The lowest BCUT2D eigenvalue weighted by Gasteiger charge is -2.12. The molecule has 1 rings (SSSR count). The Bertz CT molecular complexity index is 410. The van der Waals surface area contributed by atoms with Crippen LogP contribution in [0.4, 0.5) is 10.1 Å². The molecule has 0 saturated carbocycles. The molecule has 18 heavy (non-hydrogen) atoms. The summed E-state index contributed by atoms with van der Waals surface area (Å²) in [6, 6.07) is 3.61. The van der Waals surface area contributed by atoms with E-state index in [1.807, 2.05) is 6.92 Å². The van der Waals surface area contributed by atoms with E-state index in [0.29, 0.717) is 12.1 Å². The van der Waals surface area contributed by atoms with Gasteiger partial charge in [0.2, 0.25) is 5.91 Å². The Morgan fingerprint density at radius 3 is 2.89 bits per heavy atom. The minimum atomic E-state index is -0.541. The van der Waals surface area contributed by atoms with Gasteiger partial charge in [-0.3, -0.25) is 4.79 Å². The standard InChI is InChI=1S/C13H19FN2O2/c1-3-4-5-11(15)13(17)16-9-6-7-10(14)12(8-9)18-2/h6-8,11H,3-5,15H2,1-2H3,(H,16,17). The fraction of sp³-hybridized carbons (Fsp3) is 0.462. The van der Waals surface area contributed by atoms with Gasteiger partial charge in [0.15, 0.2) is 11.6 Å². The van der Waals surface area contributed by atoms with E-state index in [1.54, 1.807) is 0 Å². The number of hydrogen-bond donors (Lipinski definition) is 2. The van der Waals surface area contributed by atoms with Crippen molar-refractivity contribution in [2.45, 2.75) is 32.2 Å². The Kier molecular flexibility index (Phi) is 5.58. The first kappa shape index (κ1) is 14.4. The number of halogens is 1. The SMILES string of the molecule is CCCCC(N)C(=O)Nc1ccc(F)c(OC)c1. The van der Waals surface area contributed by atoms with E-state index in [4.69, 9.17) is 10.5 Å². The van der Waals surface area contributed by atoms with Crippen LogP contribution in [0.1, 0.15) is 26.2 Å². The molecule has 0 aliphatic heterocycles. The largest absolute Gasteiger partial charge is 0.494 e. The quantitative estimate of drug-likeness (QED) is 0.818. The second-order valence-corrected chi connectivity index (χ2v) is 4.09. The van der Waals surface area contributed by atoms with Crippen molar-refractivity contribution in [2.75, 3.05) is 12.4 Å². The number of rotatable bonds is 6. The monoisotopic (exact) mass is 254 g/mol. The van der Waals surface area contributed by atoms with E-state index in [2.05, 4.69) is 5.32 Å². The number of methoxy groups -OCH3 is 1. The maximum atomic E-state index is 13.2. The van der Waals surface area contributed by atoms with Crippen LogP contribution < -0.4 is 15.8 Å². The first-order valence-electron chi connectivity index (χ1n) is 5.98. The molecule has 0 radical (unpaired) electrons. The summed E-state index contributed by atoms with van der Waals surface area (Å²) in [4.78, 5) is 11.7. The number of unbranched alkanes of at least 4 members (excludes halogenated alkanes) is 1. The zero-order chi connectivity index (χ0) is 13.5. The van der Waals surface area contributed by atoms with Gasteiger partial charge in [-0.25, -0.2) is 4.39 Å². The molecule has 5 heteroatoms. The van der Waals surface area contributed by atoms with Crippen LogP contribution in [0.15, 0.2) is 18.2 Å². The van der Waals surface area contributed by atoms with Crippen LogP contribution in [0.3, 0.4) is 0 Å². The number of anilines is 1. The van der Waals surface area contributed by atoms with Gasteiger partial charge in [0, 0.05) is 11.8 Å². The van der Waals surface area contributed by atoms with Crippen molar-refractivity contribution in [3.8, 4) is 5.75 Å². The van der Waals surface area contributed by atoms with Crippen molar-refractivity contribution < 1.29 is 13.9 Å². The average molecular weight is 254 g/mol. The molecular formula is C13H19FN2O2. The van der Waals surface area contributed by atoms with E-state index in [0.717, 1.165) is 12.8 Å². The first-order valence-corrected chi connectivity index (χ1v) is 5.98. The fourth-order valence-corrected chi connectivity index (χ4v) is 1.53. The Hall–Kier alpha value is -1.62. The molecule has 1 aromatic carbocycles. The molecule has 1 amide bonds. The summed E-state index contributed by atoms with van der Waals surface area (Å²) in [7, 11) is 1.37. The number of carbonyl (C=O) groups excluding carboxylic acids is 1. The lowest BCUT2D eigenvalue weighted by Crippen LogP contribution is -2.35. The highest BCUT2D eigenvalue weighted by Gasteiger charge is 2.13. The lowest BCUT2D eigenvalue weighted by atomic mass is 10.1. The van der Waals surface area contributed by atoms with Gasteiger partial charge in [0.05, 0.1) is 13.2 Å². The molecule has 0 aliphatic carbocycles. The van der Waals surface area contributed by atoms with Crippen LogP contribution in [0, 0.1) is 5.82 Å². The smallest absolute Gasteiger partial charge is 0.241 e. The molecule has 100 valence electrons. The number of benzene rings is 1. The molecule has 0 fully saturated rings. The zero-order valence-corrected chi connectivity index (χ0v) is 10.7. The number of hydrogen-bond acceptors (Lipinski definition) is 3. The summed E-state index contributed by atoms with van der Waals surface area (Å²) in [5.41, 5.74) is 6.21. The molecule has 1 unspecified atom stereocenters. The highest BCUT2D eigenvalue weighted by molar-refractivity contribution is 5.94. The molecule has 0 aliphatic rings. The van der Waals surface area contributed by atoms with Crippen molar-refractivity contribution in [3.63, 3.8) is 0 Å². The fourth-order valence-electron chi connectivity index (χ4n) is 1.53. The van der Waals surface area contributed by atoms with Crippen molar-refractivity contribution >= 4 is 11.6 Å². The molecule has 0 heterocycles. The van der Waals surface area contributed by atoms with Gasteiger partial charge in [0.25, 0.3) is 0 Å². The summed E-state index contributed by atoms with van der Waals surface area (Å²) < 4.78 is 18.0. The molecule has 4 nitrogen and oxygen atoms in total. The maximum absolute atomic E-state index is 13.2. The van der Waals surface area contributed by atoms with E-state index < -0.39 is 11.9 Å². The Balaban J connectivity index is 2.64. The summed E-state index contributed by atoms with van der Waals surface area (Å²) in [6.07, 6.45) is 2.54. The highest BCUT2D eigenvalue weighted by atomic mass is 19.1. The van der Waals surface area contributed by atoms with Crippen molar-refractivity contribution in [2.24, 2.45) is 5.73 Å². The minimum Gasteiger partial charge on any atom is -0.494 e. The number of nitrogens with two attached hydrogens (primary N) is 1. The van der Waals surface area contributed by atoms with Crippen molar-refractivity contribution in [3.05, 3.63) is 24.0 Å². The van der Waals surface area contributed by atoms with Gasteiger partial charge < -0.3 is 15.8 Å². The van der Waals surface area contributed by atoms with Crippen LogP contribution in [0.5, 0.6) is 5.75 Å². The summed E-state index contributed by atoms with van der Waals surface area (Å²) in [5, 5.41) is 2.64. The van der Waals surface area contributed by atoms with E-state index in [1.165, 1.54) is 25.3 Å². The van der Waals surface area contributed by atoms with Crippen molar-refractivity contribution in [1.29, 1.82) is 0 Å². The summed E-state index contributed by atoms with van der Waals surface area (Å²) in [6.45, 7) is 2.04. The molecule has 1 aromatic rings. The van der Waals surface area contributed by atoms with Crippen molar-refractivity contribution in [1.82, 2.24) is 0 Å². The number of ether oxygens (including phenoxy) is 1. The molecule has 0 bridgehead atoms. The molecule has 0 spiro atoms. The summed E-state index contributed by atoms with van der Waals surface area (Å²) >= 11 is 0. The van der Waals surface area contributed by atoms with Gasteiger partial charge in [-0.2, -0.15) is 0 Å². The van der Waals surface area contributed by atoms with Gasteiger partial charge in [0.1, 0.15) is 0 Å². The van der Waals surface area contributed by atoms with Gasteiger partial charge >= 0.3 is 0 Å². The summed E-state index contributed by atoms with van der Waals surface area (Å²) in [5.74, 6) is -0.641. The molecule has 3 N–H and O–H groups in total. The van der Waals surface area contributed by atoms with Crippen LogP contribution >= 0.6 is 0 Å². The predicted octanol–water partition coefficient (Wildman–Crippen LogP) is 2.29. The second-order valence-electron chi connectivity index (χ2n) is 4.09. The second kappa shape index (κ2) is 6.96. The normalized spacial score (nSPS) is 12.0. The number of nitrogens with one attached hydrogen (secondary N) is 1. The number of carbonyl (C=O) groups is 1. The van der Waals surface area contributed by atoms with E-state index >= 15 is 0 Å². The Labute approximate surface area is 106 Å². The van der Waals surface area contributed by atoms with Crippen LogP contribution in [-0.2, 0) is 4.79 Å². The topological polar surface area (TPSA) is 64.4 Å². The first-order chi connectivity index (χ1) is 8.58. The Morgan fingerprint density at radius 1 is 1.56 bits per heavy atom. The highest BCUT2D eigenvalue weighted by Crippen LogP contribution is 2.21. The third kappa shape index (κ3) is 4.00. The molecule has 1 atom stereocenters. The van der Waals surface area contributed by atoms with Crippen LogP contribution in [0.2, 0.25) is 0 Å². The predicted molar refractivity (Wildman–Crippen MR) is 69.1 cm³/mol. The van der Waals surface area contributed by atoms with Crippen LogP contribution in [0.25, 0.3) is 0 Å². The van der Waals surface area contributed by atoms with E-state index in [-0.39, 0.29) is 11.7 Å². The van der Waals surface area contributed by atoms with Crippen LogP contribution in [-0.4, -0.2) is 19.1 Å². The van der Waals surface area contributed by atoms with Gasteiger partial charge in [-0.15, -0.1) is 0 Å². The third-order valence-corrected chi connectivity index (χ3v) is 2.62. The molecular weight excluding hydrogens is 235 g/mol.